The van der Waals surface area contributed by atoms with Crippen molar-refractivity contribution in [3.05, 3.63) is 59.0 Å². The van der Waals surface area contributed by atoms with Crippen molar-refractivity contribution in [2.75, 3.05) is 0 Å². The molecule has 2 aromatic rings. The number of aryl methyl sites for hydroxylation is 1. The van der Waals surface area contributed by atoms with Gasteiger partial charge in [0.1, 0.15) is 5.76 Å². The Labute approximate surface area is 115 Å². The Morgan fingerprint density at radius 2 is 2.00 bits per heavy atom. The van der Waals surface area contributed by atoms with Gasteiger partial charge in [0.2, 0.25) is 0 Å². The highest BCUT2D eigenvalue weighted by Crippen LogP contribution is 2.21. The summed E-state index contributed by atoms with van der Waals surface area (Å²) in [5.74, 6) is 1.04. The number of alkyl halides is 1. The fourth-order valence-electron chi connectivity index (χ4n) is 1.76. The summed E-state index contributed by atoms with van der Waals surface area (Å²) in [5, 5.41) is 0.843. The van der Waals surface area contributed by atoms with Crippen molar-refractivity contribution in [3.8, 4) is 0 Å². The number of hydrogen-bond donors (Lipinski definition) is 0. The molecular weight excluding hydrogens is 300 g/mol. The van der Waals surface area contributed by atoms with Crippen LogP contribution < -0.4 is 0 Å². The molecule has 0 spiro atoms. The molecule has 1 atom stereocenters. The van der Waals surface area contributed by atoms with E-state index in [4.69, 9.17) is 16.0 Å². The molecule has 0 amide bonds. The third-order valence-corrected chi connectivity index (χ3v) is 3.83. The topological polar surface area (TPSA) is 13.1 Å². The fourth-order valence-corrected chi connectivity index (χ4v) is 2.55. The van der Waals surface area contributed by atoms with Gasteiger partial charge in [-0.2, -0.15) is 0 Å². The summed E-state index contributed by atoms with van der Waals surface area (Å²) in [5.41, 5.74) is 1.19. The van der Waals surface area contributed by atoms with E-state index in [-0.39, 0.29) is 0 Å². The van der Waals surface area contributed by atoms with Gasteiger partial charge in [-0.1, -0.05) is 45.7 Å². The van der Waals surface area contributed by atoms with Gasteiger partial charge in [0.25, 0.3) is 0 Å². The van der Waals surface area contributed by atoms with Crippen LogP contribution >= 0.6 is 27.5 Å². The summed E-state index contributed by atoms with van der Waals surface area (Å²) in [4.78, 5) is 0.424. The Kier molecular flexibility index (Phi) is 4.69. The van der Waals surface area contributed by atoms with E-state index >= 15 is 0 Å². The molecule has 1 unspecified atom stereocenters. The molecule has 1 aromatic carbocycles. The van der Waals surface area contributed by atoms with E-state index < -0.39 is 0 Å². The van der Waals surface area contributed by atoms with E-state index in [9.17, 15) is 0 Å². The molecule has 1 heterocycles. The Morgan fingerprint density at radius 1 is 1.18 bits per heavy atom. The maximum absolute atomic E-state index is 6.13. The molecule has 0 aliphatic rings. The van der Waals surface area contributed by atoms with Gasteiger partial charge in [-0.05, 0) is 36.6 Å². The predicted molar refractivity (Wildman–Crippen MR) is 74.9 cm³/mol. The molecule has 0 N–H and O–H groups in total. The highest BCUT2D eigenvalue weighted by Gasteiger charge is 2.09. The van der Waals surface area contributed by atoms with Gasteiger partial charge in [-0.3, -0.25) is 0 Å². The smallest absolute Gasteiger partial charge is 0.103 e. The van der Waals surface area contributed by atoms with Crippen LogP contribution in [-0.4, -0.2) is 4.83 Å². The highest BCUT2D eigenvalue weighted by molar-refractivity contribution is 9.09. The Morgan fingerprint density at radius 3 is 2.71 bits per heavy atom. The quantitative estimate of drug-likeness (QED) is 0.718. The molecule has 0 saturated carbocycles. The second kappa shape index (κ2) is 6.27. The summed E-state index contributed by atoms with van der Waals surface area (Å²) in [7, 11) is 0. The lowest BCUT2D eigenvalue weighted by atomic mass is 10.1. The lowest BCUT2D eigenvalue weighted by Crippen LogP contribution is -2.04. The fraction of sp³-hybridized carbons (Fsp3) is 0.286. The van der Waals surface area contributed by atoms with Crippen LogP contribution in [0, 0.1) is 0 Å². The molecule has 0 saturated heterocycles. The standard InChI is InChI=1S/C14H14BrClO/c15-12(7-8-13-5-3-9-17-13)10-11-4-1-2-6-14(11)16/h1-6,9,12H,7-8,10H2. The van der Waals surface area contributed by atoms with Gasteiger partial charge in [-0.15, -0.1) is 0 Å². The van der Waals surface area contributed by atoms with Gasteiger partial charge in [0, 0.05) is 16.3 Å². The molecule has 1 aromatic heterocycles. The van der Waals surface area contributed by atoms with Gasteiger partial charge >= 0.3 is 0 Å². The van der Waals surface area contributed by atoms with Gasteiger partial charge in [-0.25, -0.2) is 0 Å². The number of rotatable bonds is 5. The molecule has 0 aliphatic heterocycles. The van der Waals surface area contributed by atoms with Crippen LogP contribution in [0.25, 0.3) is 0 Å². The molecule has 0 aliphatic carbocycles. The lowest BCUT2D eigenvalue weighted by molar-refractivity contribution is 0.500. The summed E-state index contributed by atoms with van der Waals surface area (Å²) >= 11 is 9.82. The highest BCUT2D eigenvalue weighted by atomic mass is 79.9. The third-order valence-electron chi connectivity index (χ3n) is 2.68. The van der Waals surface area contributed by atoms with Crippen LogP contribution in [0.15, 0.2) is 47.1 Å². The number of halogens is 2. The van der Waals surface area contributed by atoms with Crippen molar-refractivity contribution in [1.29, 1.82) is 0 Å². The Balaban J connectivity index is 1.85. The van der Waals surface area contributed by atoms with E-state index in [1.807, 2.05) is 30.3 Å². The largest absolute Gasteiger partial charge is 0.469 e. The third kappa shape index (κ3) is 3.90. The predicted octanol–water partition coefficient (Wildman–Crippen LogP) is 4.87. The number of furan rings is 1. The van der Waals surface area contributed by atoms with E-state index in [0.717, 1.165) is 30.0 Å². The van der Waals surface area contributed by atoms with Crippen LogP contribution in [0.5, 0.6) is 0 Å². The Bertz CT molecular complexity index is 453. The SMILES string of the molecule is Clc1ccccc1CC(Br)CCc1ccco1. The maximum Gasteiger partial charge on any atom is 0.103 e. The summed E-state index contributed by atoms with van der Waals surface area (Å²) < 4.78 is 5.31. The lowest BCUT2D eigenvalue weighted by Gasteiger charge is -2.10. The zero-order chi connectivity index (χ0) is 12.1. The minimum atomic E-state index is 0.424. The molecule has 90 valence electrons. The second-order valence-corrected chi connectivity index (χ2v) is 5.71. The van der Waals surface area contributed by atoms with E-state index in [1.165, 1.54) is 5.56 Å². The van der Waals surface area contributed by atoms with E-state index in [0.29, 0.717) is 4.83 Å². The van der Waals surface area contributed by atoms with Crippen LogP contribution in [0.4, 0.5) is 0 Å². The van der Waals surface area contributed by atoms with Gasteiger partial charge < -0.3 is 4.42 Å². The molecule has 2 rings (SSSR count). The average Bonchev–Trinajstić information content (AvgIpc) is 2.82. The van der Waals surface area contributed by atoms with Crippen LogP contribution in [0.2, 0.25) is 5.02 Å². The minimum absolute atomic E-state index is 0.424. The summed E-state index contributed by atoms with van der Waals surface area (Å²) in [6.07, 6.45) is 4.65. The Hall–Kier alpha value is -0.730. The van der Waals surface area contributed by atoms with Crippen molar-refractivity contribution < 1.29 is 4.42 Å². The molecular formula is C14H14BrClO. The van der Waals surface area contributed by atoms with Crippen LogP contribution in [0.1, 0.15) is 17.7 Å². The first-order valence-corrected chi connectivity index (χ1v) is 6.95. The summed E-state index contributed by atoms with van der Waals surface area (Å²) in [6.45, 7) is 0. The molecule has 0 radical (unpaired) electrons. The second-order valence-electron chi connectivity index (χ2n) is 4.01. The first-order valence-electron chi connectivity index (χ1n) is 5.65. The summed E-state index contributed by atoms with van der Waals surface area (Å²) in [6, 6.07) is 11.9. The van der Waals surface area contributed by atoms with E-state index in [2.05, 4.69) is 22.0 Å². The van der Waals surface area contributed by atoms with Crippen molar-refractivity contribution in [1.82, 2.24) is 0 Å². The van der Waals surface area contributed by atoms with Crippen molar-refractivity contribution in [2.45, 2.75) is 24.1 Å². The molecule has 3 heteroatoms. The maximum atomic E-state index is 6.13. The zero-order valence-corrected chi connectivity index (χ0v) is 11.7. The molecule has 17 heavy (non-hydrogen) atoms. The molecule has 0 fully saturated rings. The molecule has 1 nitrogen and oxygen atoms in total. The normalized spacial score (nSPS) is 12.6. The molecule has 0 bridgehead atoms. The monoisotopic (exact) mass is 312 g/mol. The minimum Gasteiger partial charge on any atom is -0.469 e. The van der Waals surface area contributed by atoms with E-state index in [1.54, 1.807) is 6.26 Å². The van der Waals surface area contributed by atoms with Gasteiger partial charge in [0.15, 0.2) is 0 Å². The van der Waals surface area contributed by atoms with Crippen LogP contribution in [0.3, 0.4) is 0 Å². The number of benzene rings is 1. The average molecular weight is 314 g/mol. The van der Waals surface area contributed by atoms with Gasteiger partial charge in [0.05, 0.1) is 6.26 Å². The van der Waals surface area contributed by atoms with Crippen molar-refractivity contribution in [2.24, 2.45) is 0 Å². The van der Waals surface area contributed by atoms with Crippen LogP contribution in [-0.2, 0) is 12.8 Å². The van der Waals surface area contributed by atoms with Crippen molar-refractivity contribution >= 4 is 27.5 Å². The first-order chi connectivity index (χ1) is 8.25. The zero-order valence-electron chi connectivity index (χ0n) is 9.40. The number of hydrogen-bond acceptors (Lipinski definition) is 1. The van der Waals surface area contributed by atoms with Crippen molar-refractivity contribution in [3.63, 3.8) is 0 Å². The first kappa shape index (κ1) is 12.7.